The Hall–Kier alpha value is -2.61. The van der Waals surface area contributed by atoms with Crippen LogP contribution in [0.25, 0.3) is 0 Å². The summed E-state index contributed by atoms with van der Waals surface area (Å²) in [7, 11) is 0. The van der Waals surface area contributed by atoms with Crippen molar-refractivity contribution in [1.29, 1.82) is 0 Å². The number of hydrogen-bond donors (Lipinski definition) is 2. The number of aryl methyl sites for hydroxylation is 1. The van der Waals surface area contributed by atoms with Gasteiger partial charge in [0.1, 0.15) is 0 Å². The maximum atomic E-state index is 13.6. The fourth-order valence-electron chi connectivity index (χ4n) is 2.40. The van der Waals surface area contributed by atoms with Crippen molar-refractivity contribution in [1.82, 2.24) is 5.32 Å². The van der Waals surface area contributed by atoms with Gasteiger partial charge in [0.25, 0.3) is 0 Å². The van der Waals surface area contributed by atoms with Crippen molar-refractivity contribution >= 4 is 23.3 Å². The van der Waals surface area contributed by atoms with Crippen molar-refractivity contribution in [2.45, 2.75) is 25.9 Å². The molecule has 5 nitrogen and oxygen atoms in total. The second-order valence-corrected chi connectivity index (χ2v) is 6.17. The van der Waals surface area contributed by atoms with Crippen LogP contribution in [0.2, 0.25) is 5.02 Å². The predicted molar refractivity (Wildman–Crippen MR) is 89.6 cm³/mol. The lowest BCUT2D eigenvalue weighted by Crippen LogP contribution is -2.65. The van der Waals surface area contributed by atoms with Crippen molar-refractivity contribution in [2.75, 3.05) is 5.32 Å². The minimum atomic E-state index is -5.04. The first-order valence-corrected chi connectivity index (χ1v) is 7.89. The van der Waals surface area contributed by atoms with Gasteiger partial charge in [0.2, 0.25) is 0 Å². The van der Waals surface area contributed by atoms with E-state index >= 15 is 0 Å². The molecule has 1 aliphatic heterocycles. The zero-order chi connectivity index (χ0) is 19.1. The number of halogens is 4. The molecule has 0 saturated heterocycles. The van der Waals surface area contributed by atoms with Crippen LogP contribution in [0.15, 0.2) is 36.4 Å². The van der Waals surface area contributed by atoms with Crippen LogP contribution in [0.3, 0.4) is 0 Å². The van der Waals surface area contributed by atoms with E-state index < -0.39 is 18.1 Å². The highest BCUT2D eigenvalue weighted by atomic mass is 35.5. The molecule has 0 bridgehead atoms. The Morgan fingerprint density at radius 3 is 2.50 bits per heavy atom. The average Bonchev–Trinajstić information content (AvgIpc) is 2.90. The van der Waals surface area contributed by atoms with Gasteiger partial charge in [-0.05, 0) is 43.2 Å². The summed E-state index contributed by atoms with van der Waals surface area (Å²) in [6.07, 6.45) is -5.04. The third-order valence-electron chi connectivity index (χ3n) is 3.92. The van der Waals surface area contributed by atoms with Gasteiger partial charge < -0.3 is 14.8 Å². The smallest absolute Gasteiger partial charge is 0.424 e. The van der Waals surface area contributed by atoms with Gasteiger partial charge in [-0.25, -0.2) is 4.79 Å². The second-order valence-electron chi connectivity index (χ2n) is 5.74. The third-order valence-corrected chi connectivity index (χ3v) is 4.15. The molecule has 26 heavy (non-hydrogen) atoms. The Morgan fingerprint density at radius 1 is 1.12 bits per heavy atom. The molecule has 9 heteroatoms. The van der Waals surface area contributed by atoms with Crippen LogP contribution in [0.1, 0.15) is 11.1 Å². The van der Waals surface area contributed by atoms with Crippen LogP contribution in [-0.4, -0.2) is 18.1 Å². The highest BCUT2D eigenvalue weighted by molar-refractivity contribution is 6.30. The van der Waals surface area contributed by atoms with E-state index in [4.69, 9.17) is 21.1 Å². The first-order valence-electron chi connectivity index (χ1n) is 7.51. The lowest BCUT2D eigenvalue weighted by molar-refractivity contribution is -0.317. The monoisotopic (exact) mass is 386 g/mol. The van der Waals surface area contributed by atoms with E-state index in [1.54, 1.807) is 24.4 Å². The number of fused-ring (bicyclic) bond motifs is 1. The summed E-state index contributed by atoms with van der Waals surface area (Å²) < 4.78 is 50.6. The molecule has 0 aromatic heterocycles. The Morgan fingerprint density at radius 2 is 1.81 bits per heavy atom. The largest absolute Gasteiger partial charge is 0.492 e. The number of benzene rings is 2. The summed E-state index contributed by atoms with van der Waals surface area (Å²) in [5, 5.41) is 4.28. The highest BCUT2D eigenvalue weighted by Crippen LogP contribution is 2.46. The van der Waals surface area contributed by atoms with E-state index in [0.29, 0.717) is 5.69 Å². The Bertz CT molecular complexity index is 873. The molecule has 2 N–H and O–H groups in total. The molecule has 0 spiro atoms. The maximum absolute atomic E-state index is 13.6. The van der Waals surface area contributed by atoms with Crippen molar-refractivity contribution in [3.8, 4) is 11.5 Å². The van der Waals surface area contributed by atoms with Crippen LogP contribution in [0.5, 0.6) is 11.5 Å². The summed E-state index contributed by atoms with van der Waals surface area (Å²) in [6.45, 7) is 3.56. The highest BCUT2D eigenvalue weighted by Gasteiger charge is 2.65. The molecular formula is C17H14ClF3N2O3. The number of hydrogen-bond acceptors (Lipinski definition) is 3. The summed E-state index contributed by atoms with van der Waals surface area (Å²) in [4.78, 5) is 12.2. The zero-order valence-electron chi connectivity index (χ0n) is 13.7. The van der Waals surface area contributed by atoms with Crippen molar-refractivity contribution < 1.29 is 27.4 Å². The summed E-state index contributed by atoms with van der Waals surface area (Å²) >= 11 is 5.76. The molecule has 0 aliphatic carbocycles. The molecule has 1 heterocycles. The van der Waals surface area contributed by atoms with Gasteiger partial charge in [0, 0.05) is 16.8 Å². The van der Waals surface area contributed by atoms with Gasteiger partial charge in [0.05, 0.1) is 0 Å². The van der Waals surface area contributed by atoms with E-state index in [0.717, 1.165) is 11.1 Å². The first-order chi connectivity index (χ1) is 12.1. The molecule has 0 saturated carbocycles. The van der Waals surface area contributed by atoms with Crippen molar-refractivity contribution in [2.24, 2.45) is 0 Å². The molecule has 2 aromatic carbocycles. The number of ether oxygens (including phenoxy) is 2. The SMILES string of the molecule is Cc1cccc(NC(=O)N[C@@]2(C(F)(F)F)Oc3ccc(Cl)cc3O2)c1C. The van der Waals surface area contributed by atoms with Gasteiger partial charge in [0.15, 0.2) is 11.5 Å². The fourth-order valence-corrected chi connectivity index (χ4v) is 2.57. The fraction of sp³-hybridized carbons (Fsp3) is 0.235. The minimum absolute atomic E-state index is 0.171. The van der Waals surface area contributed by atoms with E-state index in [9.17, 15) is 18.0 Å². The number of anilines is 1. The summed E-state index contributed by atoms with van der Waals surface area (Å²) in [5.41, 5.74) is 1.98. The second kappa shape index (κ2) is 6.28. The molecule has 3 rings (SSSR count). The van der Waals surface area contributed by atoms with Crippen LogP contribution >= 0.6 is 11.6 Å². The van der Waals surface area contributed by atoms with Gasteiger partial charge in [-0.2, -0.15) is 13.2 Å². The standard InChI is InChI=1S/C17H14ClF3N2O3/c1-9-4-3-5-12(10(9)2)22-15(24)23-17(16(19,20)21)25-13-7-6-11(18)8-14(13)26-17/h3-8H,1-2H3,(H2,22,23,24)/t17-/m0/s1. The topological polar surface area (TPSA) is 59.6 Å². The molecule has 138 valence electrons. The molecular weight excluding hydrogens is 373 g/mol. The van der Waals surface area contributed by atoms with Crippen LogP contribution in [0.4, 0.5) is 23.7 Å². The number of nitrogens with one attached hydrogen (secondary N) is 2. The normalized spacial score (nSPS) is 18.5. The molecule has 2 amide bonds. The van der Waals surface area contributed by atoms with Gasteiger partial charge in [-0.1, -0.05) is 23.7 Å². The molecule has 1 atom stereocenters. The number of amides is 2. The quantitative estimate of drug-likeness (QED) is 0.782. The van der Waals surface area contributed by atoms with Gasteiger partial charge in [-0.15, -0.1) is 0 Å². The molecule has 0 fully saturated rings. The van der Waals surface area contributed by atoms with Crippen LogP contribution in [-0.2, 0) is 0 Å². The predicted octanol–water partition coefficient (Wildman–Crippen LogP) is 4.77. The maximum Gasteiger partial charge on any atom is 0.492 e. The lowest BCUT2D eigenvalue weighted by atomic mass is 10.1. The number of carbonyl (C=O) groups is 1. The van der Waals surface area contributed by atoms with E-state index in [2.05, 4.69) is 5.32 Å². The minimum Gasteiger partial charge on any atom is -0.424 e. The molecule has 0 unspecified atom stereocenters. The Balaban J connectivity index is 1.85. The van der Waals surface area contributed by atoms with Gasteiger partial charge in [-0.3, -0.25) is 5.32 Å². The first kappa shape index (κ1) is 18.2. The zero-order valence-corrected chi connectivity index (χ0v) is 14.5. The van der Waals surface area contributed by atoms with E-state index in [1.165, 1.54) is 18.2 Å². The van der Waals surface area contributed by atoms with E-state index in [1.807, 2.05) is 13.0 Å². The summed E-state index contributed by atoms with van der Waals surface area (Å²) in [6, 6.07) is 7.70. The van der Waals surface area contributed by atoms with E-state index in [-0.39, 0.29) is 16.5 Å². The number of alkyl halides is 3. The Kier molecular flexibility index (Phi) is 4.39. The lowest BCUT2D eigenvalue weighted by Gasteiger charge is -2.29. The molecule has 1 aliphatic rings. The van der Waals surface area contributed by atoms with Crippen molar-refractivity contribution in [3.63, 3.8) is 0 Å². The van der Waals surface area contributed by atoms with Crippen LogP contribution < -0.4 is 20.1 Å². The molecule has 0 radical (unpaired) electrons. The Labute approximate surface area is 152 Å². The number of carbonyl (C=O) groups excluding carboxylic acids is 1. The number of urea groups is 1. The number of rotatable bonds is 2. The average molecular weight is 387 g/mol. The summed E-state index contributed by atoms with van der Waals surface area (Å²) in [5.74, 6) is -3.75. The molecule has 2 aromatic rings. The van der Waals surface area contributed by atoms with Crippen LogP contribution in [0, 0.1) is 13.8 Å². The van der Waals surface area contributed by atoms with Crippen molar-refractivity contribution in [3.05, 3.63) is 52.5 Å². The third kappa shape index (κ3) is 3.24. The van der Waals surface area contributed by atoms with Gasteiger partial charge >= 0.3 is 18.1 Å².